The molecule has 5 rings (SSSR count). The highest BCUT2D eigenvalue weighted by Crippen LogP contribution is 2.41. The van der Waals surface area contributed by atoms with Crippen LogP contribution in [0.1, 0.15) is 41.1 Å². The van der Waals surface area contributed by atoms with E-state index < -0.39 is 0 Å². The maximum absolute atomic E-state index is 14.8. The topological polar surface area (TPSA) is 45.6 Å². The van der Waals surface area contributed by atoms with E-state index in [4.69, 9.17) is 17.0 Å². The van der Waals surface area contributed by atoms with Gasteiger partial charge in [0.25, 0.3) is 0 Å². The highest BCUT2D eigenvalue weighted by atomic mass is 32.1. The fraction of sp³-hybridized carbons (Fsp3) is 0.407. The largest absolute Gasteiger partial charge is 0.379 e. The number of ether oxygens (including phenoxy) is 1. The molecule has 2 fully saturated rings. The van der Waals surface area contributed by atoms with Crippen LogP contribution in [0.4, 0.5) is 4.39 Å². The van der Waals surface area contributed by atoms with Gasteiger partial charge in [0.05, 0.1) is 36.7 Å². The summed E-state index contributed by atoms with van der Waals surface area (Å²) in [6.07, 6.45) is 2.82. The summed E-state index contributed by atoms with van der Waals surface area (Å²) in [7, 11) is 0. The van der Waals surface area contributed by atoms with E-state index in [0.717, 1.165) is 73.6 Å². The second-order valence-electron chi connectivity index (χ2n) is 9.24. The minimum Gasteiger partial charge on any atom is -0.379 e. The molecule has 0 amide bonds. The second kappa shape index (κ2) is 10.4. The molecule has 2 aliphatic heterocycles. The van der Waals surface area contributed by atoms with Gasteiger partial charge in [-0.15, -0.1) is 0 Å². The molecule has 35 heavy (non-hydrogen) atoms. The van der Waals surface area contributed by atoms with Crippen molar-refractivity contribution in [2.24, 2.45) is 0 Å². The Morgan fingerprint density at radius 3 is 2.60 bits per heavy atom. The van der Waals surface area contributed by atoms with Crippen LogP contribution in [-0.4, -0.2) is 63.9 Å². The number of aryl methyl sites for hydroxylation is 1. The summed E-state index contributed by atoms with van der Waals surface area (Å²) >= 11 is 5.85. The van der Waals surface area contributed by atoms with Crippen LogP contribution < -0.4 is 5.32 Å². The maximum Gasteiger partial charge on any atom is 0.170 e. The Kier molecular flexibility index (Phi) is 7.13. The second-order valence-corrected chi connectivity index (χ2v) is 9.63. The van der Waals surface area contributed by atoms with Crippen molar-refractivity contribution in [2.75, 3.05) is 39.4 Å². The molecule has 184 valence electrons. The quantitative estimate of drug-likeness (QED) is 0.495. The van der Waals surface area contributed by atoms with Gasteiger partial charge >= 0.3 is 0 Å². The smallest absolute Gasteiger partial charge is 0.170 e. The third-order valence-electron chi connectivity index (χ3n) is 7.06. The van der Waals surface area contributed by atoms with Gasteiger partial charge < -0.3 is 19.5 Å². The summed E-state index contributed by atoms with van der Waals surface area (Å²) in [4.78, 5) is 9.40. The Labute approximate surface area is 211 Å². The van der Waals surface area contributed by atoms with Crippen molar-refractivity contribution >= 4 is 17.3 Å². The molecule has 2 aliphatic rings. The molecule has 1 N–H and O–H groups in total. The molecule has 4 heterocycles. The Morgan fingerprint density at radius 2 is 1.86 bits per heavy atom. The highest BCUT2D eigenvalue weighted by molar-refractivity contribution is 7.80. The van der Waals surface area contributed by atoms with Gasteiger partial charge in [-0.1, -0.05) is 18.2 Å². The molecule has 2 aromatic heterocycles. The molecule has 0 spiro atoms. The number of para-hydroxylation sites is 1. The predicted molar refractivity (Wildman–Crippen MR) is 139 cm³/mol. The fourth-order valence-electron chi connectivity index (χ4n) is 5.37. The zero-order chi connectivity index (χ0) is 24.4. The molecule has 6 nitrogen and oxygen atoms in total. The first-order valence-corrected chi connectivity index (χ1v) is 12.7. The average molecular weight is 494 g/mol. The van der Waals surface area contributed by atoms with Gasteiger partial charge in [-0.05, 0) is 68.4 Å². The Bertz CT molecular complexity index is 1180. The number of thiocarbonyl (C=S) groups is 1. The van der Waals surface area contributed by atoms with Crippen LogP contribution in [0, 0.1) is 19.7 Å². The van der Waals surface area contributed by atoms with Crippen LogP contribution in [0.5, 0.6) is 0 Å². The Morgan fingerprint density at radius 1 is 1.09 bits per heavy atom. The molecule has 2 atom stereocenters. The van der Waals surface area contributed by atoms with Crippen LogP contribution >= 0.6 is 12.2 Å². The molecule has 2 saturated heterocycles. The van der Waals surface area contributed by atoms with E-state index in [1.807, 2.05) is 48.0 Å². The van der Waals surface area contributed by atoms with E-state index in [1.54, 1.807) is 6.07 Å². The average Bonchev–Trinajstić information content (AvgIpc) is 3.35. The SMILES string of the molecule is Cc1cc([C@H]2[C@H](c3ccccn3)NC(=S)N2CCCN2CCOCC2)c(C)n1-c1ccccc1F. The predicted octanol–water partition coefficient (Wildman–Crippen LogP) is 4.32. The number of halogens is 1. The first-order valence-electron chi connectivity index (χ1n) is 12.3. The van der Waals surface area contributed by atoms with E-state index in [-0.39, 0.29) is 17.9 Å². The number of morpholine rings is 1. The lowest BCUT2D eigenvalue weighted by molar-refractivity contribution is 0.0365. The van der Waals surface area contributed by atoms with Crippen molar-refractivity contribution in [1.29, 1.82) is 0 Å². The zero-order valence-electron chi connectivity index (χ0n) is 20.3. The summed E-state index contributed by atoms with van der Waals surface area (Å²) in [5, 5.41) is 4.28. The lowest BCUT2D eigenvalue weighted by atomic mass is 9.96. The molecular formula is C27H32FN5OS. The zero-order valence-corrected chi connectivity index (χ0v) is 21.1. The summed E-state index contributed by atoms with van der Waals surface area (Å²) in [5.41, 5.74) is 4.67. The van der Waals surface area contributed by atoms with Gasteiger partial charge in [-0.25, -0.2) is 4.39 Å². The number of hydrogen-bond donors (Lipinski definition) is 1. The van der Waals surface area contributed by atoms with Gasteiger partial charge in [0.1, 0.15) is 5.82 Å². The number of nitrogens with one attached hydrogen (secondary N) is 1. The molecule has 0 radical (unpaired) electrons. The van der Waals surface area contributed by atoms with Crippen LogP contribution in [0.3, 0.4) is 0 Å². The first-order chi connectivity index (χ1) is 17.0. The summed E-state index contributed by atoms with van der Waals surface area (Å²) in [5.74, 6) is -0.232. The van der Waals surface area contributed by atoms with Gasteiger partial charge in [0.2, 0.25) is 0 Å². The third kappa shape index (κ3) is 4.83. The van der Waals surface area contributed by atoms with Gasteiger partial charge in [-0.2, -0.15) is 0 Å². The van der Waals surface area contributed by atoms with Gasteiger partial charge in [-0.3, -0.25) is 9.88 Å². The number of aromatic nitrogens is 2. The van der Waals surface area contributed by atoms with Gasteiger partial charge in [0.15, 0.2) is 5.11 Å². The van der Waals surface area contributed by atoms with E-state index in [2.05, 4.69) is 33.1 Å². The molecular weight excluding hydrogens is 461 g/mol. The van der Waals surface area contributed by atoms with E-state index >= 15 is 0 Å². The molecule has 8 heteroatoms. The first kappa shape index (κ1) is 23.9. The minimum absolute atomic E-state index is 0.0335. The Hall–Kier alpha value is -2.81. The van der Waals surface area contributed by atoms with Gasteiger partial charge in [0, 0.05) is 43.8 Å². The normalized spacial score (nSPS) is 20.9. The standard InChI is InChI=1S/C27H32FN5OS/c1-19-18-21(20(2)33(19)24-10-4-3-8-22(24)28)26-25(23-9-5-6-11-29-23)30-27(35)32(26)13-7-12-31-14-16-34-17-15-31/h3-6,8-11,18,25-26H,7,12-17H2,1-2H3,(H,30,35)/t25-,26-/m0/s1. The highest BCUT2D eigenvalue weighted by Gasteiger charge is 2.41. The third-order valence-corrected chi connectivity index (χ3v) is 7.41. The Balaban J connectivity index is 1.48. The number of nitrogens with zero attached hydrogens (tertiary/aromatic N) is 4. The van der Waals surface area contributed by atoms with E-state index in [9.17, 15) is 4.39 Å². The molecule has 1 aromatic carbocycles. The number of rotatable bonds is 7. The number of benzene rings is 1. The lowest BCUT2D eigenvalue weighted by Crippen LogP contribution is -2.39. The molecule has 0 bridgehead atoms. The minimum atomic E-state index is -0.232. The summed E-state index contributed by atoms with van der Waals surface area (Å²) in [6.45, 7) is 9.50. The van der Waals surface area contributed by atoms with Crippen LogP contribution in [0.15, 0.2) is 54.7 Å². The lowest BCUT2D eigenvalue weighted by Gasteiger charge is -2.30. The summed E-state index contributed by atoms with van der Waals surface area (Å²) in [6, 6.07) is 15.0. The molecule has 3 aromatic rings. The van der Waals surface area contributed by atoms with Crippen molar-refractivity contribution in [3.05, 3.63) is 83.2 Å². The van der Waals surface area contributed by atoms with Crippen molar-refractivity contribution in [1.82, 2.24) is 24.7 Å². The number of pyridine rings is 1. The van der Waals surface area contributed by atoms with Crippen LogP contribution in [0.2, 0.25) is 0 Å². The van der Waals surface area contributed by atoms with Crippen molar-refractivity contribution in [2.45, 2.75) is 32.4 Å². The van der Waals surface area contributed by atoms with Crippen molar-refractivity contribution in [3.63, 3.8) is 0 Å². The number of hydrogen-bond acceptors (Lipinski definition) is 4. The molecule has 0 unspecified atom stereocenters. The monoisotopic (exact) mass is 493 g/mol. The van der Waals surface area contributed by atoms with Crippen molar-refractivity contribution < 1.29 is 9.13 Å². The van der Waals surface area contributed by atoms with E-state index in [0.29, 0.717) is 5.69 Å². The van der Waals surface area contributed by atoms with Crippen LogP contribution in [-0.2, 0) is 4.74 Å². The molecule has 0 aliphatic carbocycles. The maximum atomic E-state index is 14.8. The van der Waals surface area contributed by atoms with Crippen LogP contribution in [0.25, 0.3) is 5.69 Å². The summed E-state index contributed by atoms with van der Waals surface area (Å²) < 4.78 is 22.3. The molecule has 0 saturated carbocycles. The fourth-order valence-corrected chi connectivity index (χ4v) is 5.70. The van der Waals surface area contributed by atoms with E-state index in [1.165, 1.54) is 6.07 Å². The van der Waals surface area contributed by atoms with Crippen molar-refractivity contribution in [3.8, 4) is 5.69 Å².